The van der Waals surface area contributed by atoms with Crippen LogP contribution in [0.4, 0.5) is 0 Å². The summed E-state index contributed by atoms with van der Waals surface area (Å²) in [5.74, 6) is -3.68. The van der Waals surface area contributed by atoms with Crippen molar-refractivity contribution in [1.29, 1.82) is 0 Å². The van der Waals surface area contributed by atoms with Gasteiger partial charge in [-0.15, -0.1) is 24.8 Å². The number of rotatable bonds is 22. The van der Waals surface area contributed by atoms with Crippen LogP contribution >= 0.6 is 24.8 Å². The largest absolute Gasteiger partial charge is 0.508 e. The van der Waals surface area contributed by atoms with Crippen LogP contribution in [0.1, 0.15) is 113 Å². The lowest BCUT2D eigenvalue weighted by molar-refractivity contribution is -0.144. The molecule has 0 aromatic heterocycles. The van der Waals surface area contributed by atoms with E-state index < -0.39 is 82.5 Å². The van der Waals surface area contributed by atoms with E-state index in [0.717, 1.165) is 11.1 Å². The number of likely N-dealkylation sites (N-methyl/N-ethyl adjacent to an activating group) is 2. The molecule has 8 atom stereocenters. The first kappa shape index (κ1) is 64.2. The molecule has 18 nitrogen and oxygen atoms in total. The Kier molecular flexibility index (Phi) is 23.9. The molecule has 2 fully saturated rings. The SMILES string of the molecule is CN[C@@H](C)C(=O)N[C@H](C(=O)N1C[C@@H](CC(=O)c2cccc(C(=O)C[C@H]3C[C@@H](C(=O)NCCc4ccc(O)cc4)N(C(=O)[C@@H](NC(=O)[C@H](C)NC)C(C)(C)C)C3)c2)C[C@H]1C(=O)NCCc1ccc(O)cc1)C(C)(C)C.Cl.Cl. The van der Waals surface area contributed by atoms with E-state index in [1.807, 2.05) is 41.5 Å². The third-order valence-electron chi connectivity index (χ3n) is 14.2. The van der Waals surface area contributed by atoms with E-state index in [1.54, 1.807) is 94.7 Å². The Hall–Kier alpha value is -6.08. The summed E-state index contributed by atoms with van der Waals surface area (Å²) in [6.07, 6.45) is 1.21. The fraction of sp³-hybridized carbons (Fsp3) is 0.536. The molecule has 0 bridgehead atoms. The van der Waals surface area contributed by atoms with E-state index in [0.29, 0.717) is 12.8 Å². The second-order valence-electron chi connectivity index (χ2n) is 22.1. The molecule has 8 N–H and O–H groups in total. The minimum Gasteiger partial charge on any atom is -0.508 e. The van der Waals surface area contributed by atoms with E-state index in [4.69, 9.17) is 0 Å². The molecule has 418 valence electrons. The number of benzene rings is 3. The second kappa shape index (κ2) is 28.3. The summed E-state index contributed by atoms with van der Waals surface area (Å²) in [5, 5.41) is 36.8. The maximum absolute atomic E-state index is 14.5. The molecule has 2 heterocycles. The number of amides is 6. The Balaban J connectivity index is 0.00000760. The van der Waals surface area contributed by atoms with Crippen molar-refractivity contribution in [1.82, 2.24) is 41.7 Å². The van der Waals surface area contributed by atoms with E-state index in [2.05, 4.69) is 31.9 Å². The average molecular weight is 1100 g/mol. The van der Waals surface area contributed by atoms with Crippen LogP contribution in [-0.4, -0.2) is 144 Å². The van der Waals surface area contributed by atoms with E-state index in [1.165, 1.54) is 15.9 Å². The molecule has 2 saturated heterocycles. The molecule has 2 aliphatic rings. The van der Waals surface area contributed by atoms with Crippen molar-refractivity contribution in [3.05, 3.63) is 95.1 Å². The number of aromatic hydroxyl groups is 2. The molecular weight excluding hydrogens is 1020 g/mol. The molecule has 3 aromatic carbocycles. The van der Waals surface area contributed by atoms with Gasteiger partial charge in [0.05, 0.1) is 12.1 Å². The number of carbonyl (C=O) groups is 8. The minimum atomic E-state index is -0.991. The minimum absolute atomic E-state index is 0. The summed E-state index contributed by atoms with van der Waals surface area (Å²) in [6, 6.07) is 14.6. The summed E-state index contributed by atoms with van der Waals surface area (Å²) >= 11 is 0. The monoisotopic (exact) mass is 1090 g/mol. The second-order valence-corrected chi connectivity index (χ2v) is 22.1. The third kappa shape index (κ3) is 17.5. The molecule has 3 aromatic rings. The zero-order valence-corrected chi connectivity index (χ0v) is 47.1. The molecule has 0 aliphatic carbocycles. The first-order chi connectivity index (χ1) is 34.8. The maximum Gasteiger partial charge on any atom is 0.246 e. The van der Waals surface area contributed by atoms with Crippen LogP contribution in [0.5, 0.6) is 11.5 Å². The van der Waals surface area contributed by atoms with Crippen molar-refractivity contribution >= 4 is 71.8 Å². The number of halogens is 2. The van der Waals surface area contributed by atoms with E-state index >= 15 is 0 Å². The van der Waals surface area contributed by atoms with Crippen LogP contribution < -0.4 is 31.9 Å². The Labute approximate surface area is 459 Å². The first-order valence-corrected chi connectivity index (χ1v) is 25.6. The molecule has 6 amide bonds. The summed E-state index contributed by atoms with van der Waals surface area (Å²) in [4.78, 5) is 114. The van der Waals surface area contributed by atoms with Crippen LogP contribution in [0.25, 0.3) is 0 Å². The number of Topliss-reactive ketones (excluding diaryl/α,β-unsaturated/α-hetero) is 2. The molecule has 0 saturated carbocycles. The number of likely N-dealkylation sites (tertiary alicyclic amines) is 2. The molecule has 0 spiro atoms. The first-order valence-electron chi connectivity index (χ1n) is 25.6. The number of hydrogen-bond acceptors (Lipinski definition) is 12. The zero-order valence-electron chi connectivity index (χ0n) is 45.5. The van der Waals surface area contributed by atoms with Crippen molar-refractivity contribution in [2.45, 2.75) is 130 Å². The van der Waals surface area contributed by atoms with Crippen molar-refractivity contribution in [2.75, 3.05) is 40.3 Å². The van der Waals surface area contributed by atoms with Gasteiger partial charge in [0.1, 0.15) is 35.7 Å². The van der Waals surface area contributed by atoms with Gasteiger partial charge in [-0.1, -0.05) is 84.0 Å². The highest BCUT2D eigenvalue weighted by atomic mass is 35.5. The lowest BCUT2D eigenvalue weighted by Crippen LogP contribution is -2.59. The average Bonchev–Trinajstić information content (AvgIpc) is 3.99. The highest BCUT2D eigenvalue weighted by molar-refractivity contribution is 6.02. The van der Waals surface area contributed by atoms with Gasteiger partial charge >= 0.3 is 0 Å². The van der Waals surface area contributed by atoms with Crippen molar-refractivity contribution in [3.63, 3.8) is 0 Å². The number of phenols is 2. The van der Waals surface area contributed by atoms with E-state index in [-0.39, 0.29) is 123 Å². The fourth-order valence-electron chi connectivity index (χ4n) is 9.40. The highest BCUT2D eigenvalue weighted by Crippen LogP contribution is 2.33. The molecule has 76 heavy (non-hydrogen) atoms. The quantitative estimate of drug-likeness (QED) is 0.0647. The van der Waals surface area contributed by atoms with Gasteiger partial charge in [-0.05, 0) is 118 Å². The third-order valence-corrected chi connectivity index (χ3v) is 14.2. The Bertz CT molecular complexity index is 2330. The topological polar surface area (TPSA) is 256 Å². The molecular formula is C56H80Cl2N8O10. The number of ketones is 2. The number of hydrogen-bond donors (Lipinski definition) is 8. The predicted molar refractivity (Wildman–Crippen MR) is 296 cm³/mol. The van der Waals surface area contributed by atoms with Crippen molar-refractivity contribution in [2.24, 2.45) is 22.7 Å². The normalized spacial score (nSPS) is 18.9. The smallest absolute Gasteiger partial charge is 0.246 e. The van der Waals surface area contributed by atoms with Gasteiger partial charge < -0.3 is 51.9 Å². The number of phenolic OH excluding ortho intramolecular Hbond substituents is 2. The lowest BCUT2D eigenvalue weighted by Gasteiger charge is -2.36. The zero-order chi connectivity index (χ0) is 54.7. The summed E-state index contributed by atoms with van der Waals surface area (Å²) in [7, 11) is 3.28. The van der Waals surface area contributed by atoms with Gasteiger partial charge in [0, 0.05) is 50.1 Å². The molecule has 0 unspecified atom stereocenters. The predicted octanol–water partition coefficient (Wildman–Crippen LogP) is 4.52. The maximum atomic E-state index is 14.5. The summed E-state index contributed by atoms with van der Waals surface area (Å²) < 4.78 is 0. The van der Waals surface area contributed by atoms with Crippen molar-refractivity contribution < 1.29 is 48.6 Å². The molecule has 0 radical (unpaired) electrons. The van der Waals surface area contributed by atoms with Gasteiger partial charge in [-0.2, -0.15) is 0 Å². The van der Waals surface area contributed by atoms with E-state index in [9.17, 15) is 48.6 Å². The number of nitrogens with zero attached hydrogens (tertiary/aromatic N) is 2. The van der Waals surface area contributed by atoms with Gasteiger partial charge in [-0.25, -0.2) is 0 Å². The lowest BCUT2D eigenvalue weighted by atomic mass is 9.85. The van der Waals surface area contributed by atoms with Gasteiger partial charge in [0.2, 0.25) is 35.4 Å². The van der Waals surface area contributed by atoms with Crippen LogP contribution in [0, 0.1) is 22.7 Å². The Morgan fingerprint density at radius 1 is 0.566 bits per heavy atom. The summed E-state index contributed by atoms with van der Waals surface area (Å²) in [5.41, 5.74) is 0.827. The standard InChI is InChI=1S/C56H78N8O10.2ClH/c1-33(57-9)49(69)61-47(55(3,4)5)53(73)63-31-37(26-43(63)51(71)59-24-22-35-14-18-41(65)19-15-35)28-45(67)39-12-11-13-40(30-39)46(68)29-38-27-44(52(72)60-25-23-36-16-20-42(66)21-17-36)64(32-38)54(74)48(56(6,7)8)62-50(70)34(2)58-10;;/h11-21,30,33-34,37-38,43-44,47-48,57-58,65-66H,22-29,31-32H2,1-10H3,(H,59,71)(H,60,72)(H,61,69)(H,62,70);2*1H/t33-,34-,37+,38+,43-,44-,47+,48+;;/m0../s1. The van der Waals surface area contributed by atoms with Crippen LogP contribution in [0.15, 0.2) is 72.8 Å². The molecule has 20 heteroatoms. The number of carbonyl (C=O) groups excluding carboxylic acids is 8. The number of nitrogens with one attached hydrogen (secondary N) is 6. The van der Waals surface area contributed by atoms with Gasteiger partial charge in [0.25, 0.3) is 0 Å². The fourth-order valence-corrected chi connectivity index (χ4v) is 9.40. The summed E-state index contributed by atoms with van der Waals surface area (Å²) in [6.45, 7) is 15.0. The van der Waals surface area contributed by atoms with Crippen LogP contribution in [-0.2, 0) is 41.6 Å². The van der Waals surface area contributed by atoms with Gasteiger partial charge in [-0.3, -0.25) is 38.4 Å². The van der Waals surface area contributed by atoms with Crippen LogP contribution in [0.3, 0.4) is 0 Å². The highest BCUT2D eigenvalue weighted by Gasteiger charge is 2.47. The molecule has 5 rings (SSSR count). The van der Waals surface area contributed by atoms with Crippen LogP contribution in [0.2, 0.25) is 0 Å². The Morgan fingerprint density at radius 3 is 1.22 bits per heavy atom. The van der Waals surface area contributed by atoms with Crippen molar-refractivity contribution in [3.8, 4) is 11.5 Å². The molecule has 2 aliphatic heterocycles. The van der Waals surface area contributed by atoms with Gasteiger partial charge in [0.15, 0.2) is 11.6 Å². The Morgan fingerprint density at radius 2 is 0.908 bits per heavy atom.